The SMILES string of the molecule is C[C@H](NC(=O)c1cc(-c2ccccc2)cc2noc(Cc3ccc4cc(F)ccc4c3)c12)c1ccc(C(=O)O)cc1. The second kappa shape index (κ2) is 10.7. The number of aromatic nitrogens is 1. The summed E-state index contributed by atoms with van der Waals surface area (Å²) in [4.78, 5) is 25.0. The van der Waals surface area contributed by atoms with Gasteiger partial charge in [0.15, 0.2) is 0 Å². The van der Waals surface area contributed by atoms with E-state index in [1.54, 1.807) is 18.2 Å². The van der Waals surface area contributed by atoms with Crippen molar-refractivity contribution in [2.45, 2.75) is 19.4 Å². The Labute approximate surface area is 235 Å². The number of fused-ring (bicyclic) bond motifs is 2. The average Bonchev–Trinajstić information content (AvgIpc) is 3.39. The van der Waals surface area contributed by atoms with Gasteiger partial charge in [-0.25, -0.2) is 9.18 Å². The molecule has 2 N–H and O–H groups in total. The van der Waals surface area contributed by atoms with Crippen LogP contribution in [0.3, 0.4) is 0 Å². The van der Waals surface area contributed by atoms with Crippen LogP contribution in [0.5, 0.6) is 0 Å². The molecule has 0 fully saturated rings. The standard InChI is InChI=1S/C34H25FN2O4/c1-20(22-9-11-24(12-10-22)34(39)40)36-33(38)29-18-27(23-5-3-2-4-6-23)19-30-32(29)31(41-37-30)16-21-7-8-26-17-28(35)14-13-25(26)15-21/h2-15,17-20H,16H2,1H3,(H,36,38)(H,39,40)/t20-/m0/s1. The summed E-state index contributed by atoms with van der Waals surface area (Å²) >= 11 is 0. The molecule has 7 heteroatoms. The number of carboxylic acid groups (broad SMARTS) is 1. The highest BCUT2D eigenvalue weighted by molar-refractivity contribution is 6.09. The number of hydrogen-bond acceptors (Lipinski definition) is 4. The minimum absolute atomic E-state index is 0.178. The number of aromatic carboxylic acids is 1. The van der Waals surface area contributed by atoms with Crippen molar-refractivity contribution in [2.24, 2.45) is 0 Å². The van der Waals surface area contributed by atoms with Gasteiger partial charge in [-0.3, -0.25) is 4.79 Å². The number of nitrogens with one attached hydrogen (secondary N) is 1. The Morgan fingerprint density at radius 1 is 0.878 bits per heavy atom. The van der Waals surface area contributed by atoms with Crippen LogP contribution in [0.25, 0.3) is 32.8 Å². The summed E-state index contributed by atoms with van der Waals surface area (Å²) in [7, 11) is 0. The Bertz CT molecular complexity index is 1910. The van der Waals surface area contributed by atoms with Crippen molar-refractivity contribution in [3.05, 3.63) is 137 Å². The van der Waals surface area contributed by atoms with Gasteiger partial charge in [0, 0.05) is 6.42 Å². The van der Waals surface area contributed by atoms with Gasteiger partial charge in [0.1, 0.15) is 17.1 Å². The van der Waals surface area contributed by atoms with Crippen LogP contribution < -0.4 is 5.32 Å². The number of benzene rings is 5. The van der Waals surface area contributed by atoms with Crippen LogP contribution in [0, 0.1) is 5.82 Å². The van der Waals surface area contributed by atoms with Crippen LogP contribution in [0.2, 0.25) is 0 Å². The van der Waals surface area contributed by atoms with Crippen LogP contribution in [-0.4, -0.2) is 22.1 Å². The third-order valence-corrected chi connectivity index (χ3v) is 7.24. The highest BCUT2D eigenvalue weighted by Gasteiger charge is 2.22. The van der Waals surface area contributed by atoms with Gasteiger partial charge in [-0.15, -0.1) is 0 Å². The third kappa shape index (κ3) is 5.30. The lowest BCUT2D eigenvalue weighted by atomic mass is 9.96. The first-order valence-electron chi connectivity index (χ1n) is 13.2. The molecule has 0 aliphatic rings. The molecule has 202 valence electrons. The van der Waals surface area contributed by atoms with E-state index in [9.17, 15) is 19.1 Å². The molecule has 0 bridgehead atoms. The van der Waals surface area contributed by atoms with Gasteiger partial charge < -0.3 is 14.9 Å². The molecular formula is C34H25FN2O4. The van der Waals surface area contributed by atoms with E-state index in [1.165, 1.54) is 24.3 Å². The second-order valence-corrected chi connectivity index (χ2v) is 10.0. The molecule has 1 amide bonds. The normalized spacial score (nSPS) is 12.0. The minimum atomic E-state index is -1.01. The van der Waals surface area contributed by atoms with E-state index in [4.69, 9.17) is 4.52 Å². The molecule has 41 heavy (non-hydrogen) atoms. The van der Waals surface area contributed by atoms with Crippen LogP contribution in [0.1, 0.15) is 50.6 Å². The van der Waals surface area contributed by atoms with Crippen molar-refractivity contribution in [3.63, 3.8) is 0 Å². The minimum Gasteiger partial charge on any atom is -0.478 e. The molecule has 6 nitrogen and oxygen atoms in total. The molecule has 5 aromatic carbocycles. The molecule has 0 aliphatic carbocycles. The van der Waals surface area contributed by atoms with E-state index < -0.39 is 5.97 Å². The largest absolute Gasteiger partial charge is 0.478 e. The summed E-state index contributed by atoms with van der Waals surface area (Å²) in [5, 5.41) is 18.9. The van der Waals surface area contributed by atoms with Crippen molar-refractivity contribution in [2.75, 3.05) is 0 Å². The number of carboxylic acids is 1. The number of rotatable bonds is 7. The maximum atomic E-state index is 13.8. The van der Waals surface area contributed by atoms with Gasteiger partial charge in [-0.2, -0.15) is 0 Å². The van der Waals surface area contributed by atoms with E-state index in [1.807, 2.05) is 67.6 Å². The Morgan fingerprint density at radius 2 is 1.61 bits per heavy atom. The third-order valence-electron chi connectivity index (χ3n) is 7.24. The molecule has 0 saturated heterocycles. The van der Waals surface area contributed by atoms with Gasteiger partial charge in [-0.1, -0.05) is 71.9 Å². The fraction of sp³-hybridized carbons (Fsp3) is 0.0882. The summed E-state index contributed by atoms with van der Waals surface area (Å²) in [6.07, 6.45) is 0.390. The van der Waals surface area contributed by atoms with Crippen molar-refractivity contribution in [1.29, 1.82) is 0 Å². The molecule has 0 unspecified atom stereocenters. The zero-order valence-electron chi connectivity index (χ0n) is 22.1. The van der Waals surface area contributed by atoms with Crippen molar-refractivity contribution < 1.29 is 23.6 Å². The van der Waals surface area contributed by atoms with Crippen LogP contribution in [0.15, 0.2) is 108 Å². The molecular weight excluding hydrogens is 519 g/mol. The lowest BCUT2D eigenvalue weighted by molar-refractivity contribution is 0.0696. The number of carbonyl (C=O) groups is 2. The first-order valence-corrected chi connectivity index (χ1v) is 13.2. The topological polar surface area (TPSA) is 92.4 Å². The van der Waals surface area contributed by atoms with Gasteiger partial charge in [0.2, 0.25) is 0 Å². The molecule has 6 aromatic rings. The Hall–Kier alpha value is -5.30. The first kappa shape index (κ1) is 26.0. The number of halogens is 1. The smallest absolute Gasteiger partial charge is 0.335 e. The van der Waals surface area contributed by atoms with E-state index >= 15 is 0 Å². The predicted octanol–water partition coefficient (Wildman–Crippen LogP) is 7.57. The fourth-order valence-corrected chi connectivity index (χ4v) is 5.07. The molecule has 0 spiro atoms. The van der Waals surface area contributed by atoms with Gasteiger partial charge in [0.05, 0.1) is 22.6 Å². The number of amides is 1. The second-order valence-electron chi connectivity index (χ2n) is 10.0. The molecule has 0 saturated carbocycles. The van der Waals surface area contributed by atoms with Crippen molar-refractivity contribution in [3.8, 4) is 11.1 Å². The average molecular weight is 545 g/mol. The molecule has 1 atom stereocenters. The molecule has 6 rings (SSSR count). The Balaban J connectivity index is 1.38. The number of carbonyl (C=O) groups excluding carboxylic acids is 1. The Morgan fingerprint density at radius 3 is 2.37 bits per heavy atom. The Kier molecular flexibility index (Phi) is 6.77. The number of nitrogens with zero attached hydrogens (tertiary/aromatic N) is 1. The molecule has 1 heterocycles. The predicted molar refractivity (Wildman–Crippen MR) is 155 cm³/mol. The maximum Gasteiger partial charge on any atom is 0.335 e. The molecule has 1 aromatic heterocycles. The van der Waals surface area contributed by atoms with E-state index in [2.05, 4.69) is 10.5 Å². The van der Waals surface area contributed by atoms with Crippen LogP contribution in [-0.2, 0) is 6.42 Å². The lowest BCUT2D eigenvalue weighted by Crippen LogP contribution is -2.27. The quantitative estimate of drug-likeness (QED) is 0.216. The summed E-state index contributed by atoms with van der Waals surface area (Å²) in [6, 6.07) is 29.9. The van der Waals surface area contributed by atoms with Crippen LogP contribution in [0.4, 0.5) is 4.39 Å². The highest BCUT2D eigenvalue weighted by atomic mass is 19.1. The zero-order valence-corrected chi connectivity index (χ0v) is 22.1. The van der Waals surface area contributed by atoms with Gasteiger partial charge in [0.25, 0.3) is 5.91 Å². The van der Waals surface area contributed by atoms with Crippen LogP contribution >= 0.6 is 0 Å². The van der Waals surface area contributed by atoms with E-state index in [-0.39, 0.29) is 23.3 Å². The zero-order chi connectivity index (χ0) is 28.5. The monoisotopic (exact) mass is 544 g/mol. The lowest BCUT2D eigenvalue weighted by Gasteiger charge is -2.16. The molecule has 0 radical (unpaired) electrons. The van der Waals surface area contributed by atoms with Crippen molar-refractivity contribution in [1.82, 2.24) is 10.5 Å². The molecule has 0 aliphatic heterocycles. The van der Waals surface area contributed by atoms with Gasteiger partial charge >= 0.3 is 5.97 Å². The first-order chi connectivity index (χ1) is 19.9. The number of hydrogen-bond donors (Lipinski definition) is 2. The van der Waals surface area contributed by atoms with Gasteiger partial charge in [-0.05, 0) is 76.3 Å². The fourth-order valence-electron chi connectivity index (χ4n) is 5.07. The summed E-state index contributed by atoms with van der Waals surface area (Å²) < 4.78 is 19.5. The highest BCUT2D eigenvalue weighted by Crippen LogP contribution is 2.32. The maximum absolute atomic E-state index is 13.8. The summed E-state index contributed by atoms with van der Waals surface area (Å²) in [5.41, 5.74) is 4.64. The summed E-state index contributed by atoms with van der Waals surface area (Å²) in [6.45, 7) is 1.85. The van der Waals surface area contributed by atoms with E-state index in [0.717, 1.165) is 33.0 Å². The summed E-state index contributed by atoms with van der Waals surface area (Å²) in [5.74, 6) is -1.05. The van der Waals surface area contributed by atoms with Crippen molar-refractivity contribution >= 4 is 33.6 Å². The van der Waals surface area contributed by atoms with E-state index in [0.29, 0.717) is 28.6 Å².